The van der Waals surface area contributed by atoms with Gasteiger partial charge in [-0.3, -0.25) is 4.99 Å². The third-order valence-corrected chi connectivity index (χ3v) is 4.73. The van der Waals surface area contributed by atoms with Crippen LogP contribution in [-0.2, 0) is 0 Å². The van der Waals surface area contributed by atoms with Crippen molar-refractivity contribution in [2.45, 2.75) is 13.3 Å². The van der Waals surface area contributed by atoms with Gasteiger partial charge in [-0.2, -0.15) is 0 Å². The standard InChI is InChI=1S/C23H20N2O2S/c1-15-6-8-16(9-7-15)21-14-23(28)25-20-11-10-19(13-22(20)24-21)27-18-5-3-4-17(12-18)26-2/h3-13H,14H2,1-2H3,(H,25,28). The second-order valence-corrected chi connectivity index (χ2v) is 7.10. The first-order valence-corrected chi connectivity index (χ1v) is 9.42. The van der Waals surface area contributed by atoms with E-state index in [1.54, 1.807) is 7.11 Å². The van der Waals surface area contributed by atoms with Crippen LogP contribution in [0.3, 0.4) is 0 Å². The summed E-state index contributed by atoms with van der Waals surface area (Å²) < 4.78 is 11.3. The molecule has 3 aromatic carbocycles. The first-order chi connectivity index (χ1) is 13.6. The van der Waals surface area contributed by atoms with E-state index in [2.05, 4.69) is 36.5 Å². The highest BCUT2D eigenvalue weighted by Crippen LogP contribution is 2.35. The molecular formula is C23H20N2O2S. The minimum atomic E-state index is 0.596. The number of nitrogens with one attached hydrogen (secondary N) is 1. The number of nitrogens with zero attached hydrogens (tertiary/aromatic N) is 1. The molecule has 28 heavy (non-hydrogen) atoms. The summed E-state index contributed by atoms with van der Waals surface area (Å²) in [6, 6.07) is 21.6. The lowest BCUT2D eigenvalue weighted by Crippen LogP contribution is -2.12. The average molecular weight is 388 g/mol. The van der Waals surface area contributed by atoms with Crippen LogP contribution in [0.2, 0.25) is 0 Å². The van der Waals surface area contributed by atoms with Gasteiger partial charge in [-0.25, -0.2) is 0 Å². The Hall–Kier alpha value is -3.18. The number of hydrogen-bond donors (Lipinski definition) is 1. The summed E-state index contributed by atoms with van der Waals surface area (Å²) >= 11 is 5.50. The van der Waals surface area contributed by atoms with E-state index < -0.39 is 0 Å². The number of aryl methyl sites for hydroxylation is 1. The van der Waals surface area contributed by atoms with Crippen molar-refractivity contribution in [3.8, 4) is 17.2 Å². The maximum absolute atomic E-state index is 6.00. The molecule has 140 valence electrons. The molecule has 0 aliphatic carbocycles. The summed E-state index contributed by atoms with van der Waals surface area (Å²) in [6.07, 6.45) is 0.596. The molecule has 0 unspecified atom stereocenters. The highest BCUT2D eigenvalue weighted by Gasteiger charge is 2.16. The molecule has 0 atom stereocenters. The quantitative estimate of drug-likeness (QED) is 0.552. The van der Waals surface area contributed by atoms with Gasteiger partial charge < -0.3 is 14.8 Å². The lowest BCUT2D eigenvalue weighted by atomic mass is 10.1. The van der Waals surface area contributed by atoms with Gasteiger partial charge in [0, 0.05) is 18.6 Å². The molecule has 0 spiro atoms. The Balaban J connectivity index is 1.69. The molecular weight excluding hydrogens is 368 g/mol. The normalized spacial score (nSPS) is 13.1. The molecule has 0 amide bonds. The highest BCUT2D eigenvalue weighted by atomic mass is 32.1. The van der Waals surface area contributed by atoms with Gasteiger partial charge in [-0.1, -0.05) is 48.1 Å². The topological polar surface area (TPSA) is 42.9 Å². The zero-order chi connectivity index (χ0) is 19.5. The van der Waals surface area contributed by atoms with Crippen molar-refractivity contribution in [1.29, 1.82) is 0 Å². The fraction of sp³-hybridized carbons (Fsp3) is 0.130. The Morgan fingerprint density at radius 3 is 2.46 bits per heavy atom. The molecule has 0 radical (unpaired) electrons. The van der Waals surface area contributed by atoms with E-state index in [9.17, 15) is 0 Å². The molecule has 4 rings (SSSR count). The number of rotatable bonds is 4. The van der Waals surface area contributed by atoms with E-state index in [1.807, 2.05) is 42.5 Å². The first kappa shape index (κ1) is 18.2. The van der Waals surface area contributed by atoms with E-state index >= 15 is 0 Å². The summed E-state index contributed by atoms with van der Waals surface area (Å²) in [6.45, 7) is 2.07. The van der Waals surface area contributed by atoms with Gasteiger partial charge >= 0.3 is 0 Å². The number of fused-ring (bicyclic) bond motifs is 1. The van der Waals surface area contributed by atoms with Crippen LogP contribution < -0.4 is 14.8 Å². The van der Waals surface area contributed by atoms with Crippen molar-refractivity contribution < 1.29 is 9.47 Å². The summed E-state index contributed by atoms with van der Waals surface area (Å²) in [5.41, 5.74) is 4.91. The van der Waals surface area contributed by atoms with E-state index in [0.29, 0.717) is 17.9 Å². The van der Waals surface area contributed by atoms with Crippen LogP contribution in [0, 0.1) is 6.92 Å². The molecule has 1 heterocycles. The van der Waals surface area contributed by atoms with Gasteiger partial charge in [-0.15, -0.1) is 0 Å². The van der Waals surface area contributed by atoms with Crippen LogP contribution in [0.1, 0.15) is 17.5 Å². The van der Waals surface area contributed by atoms with Crippen LogP contribution >= 0.6 is 12.2 Å². The van der Waals surface area contributed by atoms with Crippen molar-refractivity contribution in [2.75, 3.05) is 12.4 Å². The number of benzene rings is 3. The number of hydrogen-bond acceptors (Lipinski definition) is 4. The Labute approximate surface area is 169 Å². The van der Waals surface area contributed by atoms with Crippen molar-refractivity contribution >= 4 is 34.3 Å². The number of ether oxygens (including phenoxy) is 2. The molecule has 0 saturated heterocycles. The minimum absolute atomic E-state index is 0.596. The zero-order valence-electron chi connectivity index (χ0n) is 15.7. The number of methoxy groups -OCH3 is 1. The van der Waals surface area contributed by atoms with E-state index in [1.165, 1.54) is 5.56 Å². The van der Waals surface area contributed by atoms with Crippen LogP contribution in [0.4, 0.5) is 11.4 Å². The smallest absolute Gasteiger partial charge is 0.131 e. The van der Waals surface area contributed by atoms with Gasteiger partial charge in [0.05, 0.1) is 29.2 Å². The Morgan fingerprint density at radius 2 is 1.68 bits per heavy atom. The summed E-state index contributed by atoms with van der Waals surface area (Å²) in [5, 5.41) is 3.28. The second-order valence-electron chi connectivity index (χ2n) is 6.61. The summed E-state index contributed by atoms with van der Waals surface area (Å²) in [4.78, 5) is 5.64. The predicted molar refractivity (Wildman–Crippen MR) is 118 cm³/mol. The maximum atomic E-state index is 6.00. The maximum Gasteiger partial charge on any atom is 0.131 e. The van der Waals surface area contributed by atoms with Crippen molar-refractivity contribution in [3.63, 3.8) is 0 Å². The Morgan fingerprint density at radius 1 is 0.929 bits per heavy atom. The van der Waals surface area contributed by atoms with Crippen LogP contribution in [0.25, 0.3) is 0 Å². The van der Waals surface area contributed by atoms with Gasteiger partial charge in [0.2, 0.25) is 0 Å². The number of aliphatic imine (C=N–C) groups is 1. The molecule has 4 nitrogen and oxygen atoms in total. The predicted octanol–water partition coefficient (Wildman–Crippen LogP) is 6.06. The molecule has 1 aliphatic heterocycles. The van der Waals surface area contributed by atoms with Gasteiger partial charge in [0.1, 0.15) is 17.2 Å². The van der Waals surface area contributed by atoms with Gasteiger partial charge in [0.15, 0.2) is 0 Å². The average Bonchev–Trinajstić information content (AvgIpc) is 2.86. The first-order valence-electron chi connectivity index (χ1n) is 9.01. The SMILES string of the molecule is COc1cccc(Oc2ccc3c(c2)N=C(c2ccc(C)cc2)CC(=S)N3)c1. The molecule has 1 N–H and O–H groups in total. The third kappa shape index (κ3) is 4.05. The fourth-order valence-electron chi connectivity index (χ4n) is 3.02. The molecule has 0 saturated carbocycles. The monoisotopic (exact) mass is 388 g/mol. The molecule has 0 bridgehead atoms. The van der Waals surface area contributed by atoms with Crippen LogP contribution in [-0.4, -0.2) is 17.8 Å². The largest absolute Gasteiger partial charge is 0.497 e. The fourth-order valence-corrected chi connectivity index (χ4v) is 3.26. The molecule has 5 heteroatoms. The van der Waals surface area contributed by atoms with E-state index in [0.717, 1.165) is 33.4 Å². The molecule has 0 aromatic heterocycles. The molecule has 0 fully saturated rings. The minimum Gasteiger partial charge on any atom is -0.497 e. The van der Waals surface area contributed by atoms with Crippen molar-refractivity contribution in [1.82, 2.24) is 0 Å². The third-order valence-electron chi connectivity index (χ3n) is 4.49. The Kier molecular flexibility index (Phi) is 5.08. The van der Waals surface area contributed by atoms with Gasteiger partial charge in [-0.05, 0) is 36.8 Å². The van der Waals surface area contributed by atoms with E-state index in [4.69, 9.17) is 26.7 Å². The summed E-state index contributed by atoms with van der Waals surface area (Å²) in [7, 11) is 1.64. The van der Waals surface area contributed by atoms with Crippen LogP contribution in [0.15, 0.2) is 71.7 Å². The number of anilines is 1. The second kappa shape index (κ2) is 7.82. The van der Waals surface area contributed by atoms with Crippen molar-refractivity contribution in [3.05, 3.63) is 77.9 Å². The van der Waals surface area contributed by atoms with Crippen LogP contribution in [0.5, 0.6) is 17.2 Å². The zero-order valence-corrected chi connectivity index (χ0v) is 16.5. The molecule has 1 aliphatic rings. The molecule has 3 aromatic rings. The summed E-state index contributed by atoms with van der Waals surface area (Å²) in [5.74, 6) is 2.16. The lowest BCUT2D eigenvalue weighted by molar-refractivity contribution is 0.409. The number of thiocarbonyl (C=S) groups is 1. The van der Waals surface area contributed by atoms with Gasteiger partial charge in [0.25, 0.3) is 0 Å². The van der Waals surface area contributed by atoms with E-state index in [-0.39, 0.29) is 0 Å². The Bertz CT molecular complexity index is 1060. The lowest BCUT2D eigenvalue weighted by Gasteiger charge is -2.10. The van der Waals surface area contributed by atoms with Crippen molar-refractivity contribution in [2.24, 2.45) is 4.99 Å². The highest BCUT2D eigenvalue weighted by molar-refractivity contribution is 7.80.